The molecule has 1 heterocycles. The fourth-order valence-corrected chi connectivity index (χ4v) is 1.72. The molecule has 5 nitrogen and oxygen atoms in total. The highest BCUT2D eigenvalue weighted by Crippen LogP contribution is 2.17. The van der Waals surface area contributed by atoms with Crippen LogP contribution in [0.5, 0.6) is 0 Å². The van der Waals surface area contributed by atoms with Crippen molar-refractivity contribution in [2.45, 2.75) is 5.03 Å². The van der Waals surface area contributed by atoms with E-state index in [4.69, 9.17) is 15.9 Å². The maximum Gasteiger partial charge on any atom is 0.144 e. The number of nitrogens with zero attached hydrogens (tertiary/aromatic N) is 2. The lowest BCUT2D eigenvalue weighted by atomic mass is 10.4. The lowest BCUT2D eigenvalue weighted by Gasteiger charge is -2.04. The maximum atomic E-state index is 7.29. The molecule has 0 aliphatic rings. The van der Waals surface area contributed by atoms with Crippen molar-refractivity contribution in [1.29, 1.82) is 5.41 Å². The molecule has 0 saturated carbocycles. The Kier molecular flexibility index (Phi) is 4.34. The van der Waals surface area contributed by atoms with Crippen LogP contribution >= 0.6 is 11.8 Å². The molecule has 14 heavy (non-hydrogen) atoms. The van der Waals surface area contributed by atoms with E-state index >= 15 is 0 Å². The van der Waals surface area contributed by atoms with Crippen molar-refractivity contribution in [2.75, 3.05) is 19.5 Å². The largest absolute Gasteiger partial charge is 0.384 e. The first kappa shape index (κ1) is 10.9. The van der Waals surface area contributed by atoms with Crippen molar-refractivity contribution >= 4 is 17.6 Å². The van der Waals surface area contributed by atoms with Gasteiger partial charge in [0.1, 0.15) is 16.6 Å². The van der Waals surface area contributed by atoms with Crippen molar-refractivity contribution in [3.63, 3.8) is 0 Å². The van der Waals surface area contributed by atoms with Crippen LogP contribution in [0, 0.1) is 5.41 Å². The van der Waals surface area contributed by atoms with Crippen molar-refractivity contribution in [2.24, 2.45) is 5.73 Å². The van der Waals surface area contributed by atoms with Crippen LogP contribution in [0.2, 0.25) is 0 Å². The summed E-state index contributed by atoms with van der Waals surface area (Å²) in [6.07, 6.45) is 3.11. The molecule has 3 N–H and O–H groups in total. The molecular weight excluding hydrogens is 200 g/mol. The number of methoxy groups -OCH3 is 1. The molecule has 0 atom stereocenters. The SMILES string of the molecule is COCCSc1nccnc1C(=N)N. The van der Waals surface area contributed by atoms with Gasteiger partial charge in [-0.2, -0.15) is 0 Å². The first-order valence-corrected chi connectivity index (χ1v) is 5.01. The van der Waals surface area contributed by atoms with E-state index in [1.807, 2.05) is 0 Å². The van der Waals surface area contributed by atoms with Gasteiger partial charge in [0.05, 0.1) is 6.61 Å². The highest BCUT2D eigenvalue weighted by molar-refractivity contribution is 7.99. The summed E-state index contributed by atoms with van der Waals surface area (Å²) in [5.74, 6) is 0.716. The summed E-state index contributed by atoms with van der Waals surface area (Å²) in [7, 11) is 1.64. The second kappa shape index (κ2) is 5.56. The molecule has 0 saturated heterocycles. The number of nitrogens with two attached hydrogens (primary N) is 1. The fourth-order valence-electron chi connectivity index (χ4n) is 0.837. The number of hydrogen-bond acceptors (Lipinski definition) is 5. The van der Waals surface area contributed by atoms with Gasteiger partial charge in [-0.25, -0.2) is 9.97 Å². The highest BCUT2D eigenvalue weighted by atomic mass is 32.2. The first-order valence-electron chi connectivity index (χ1n) is 4.03. The number of nitrogen functional groups attached to an aromatic ring is 1. The molecule has 1 rings (SSSR count). The van der Waals surface area contributed by atoms with Gasteiger partial charge in [-0.1, -0.05) is 0 Å². The summed E-state index contributed by atoms with van der Waals surface area (Å²) in [6, 6.07) is 0. The summed E-state index contributed by atoms with van der Waals surface area (Å²) in [4.78, 5) is 8.08. The Balaban J connectivity index is 2.69. The maximum absolute atomic E-state index is 7.29. The van der Waals surface area contributed by atoms with Crippen molar-refractivity contribution in [3.8, 4) is 0 Å². The van der Waals surface area contributed by atoms with Crippen molar-refractivity contribution < 1.29 is 4.74 Å². The Bertz CT molecular complexity index is 318. The zero-order chi connectivity index (χ0) is 10.4. The third kappa shape index (κ3) is 2.97. The Morgan fingerprint density at radius 2 is 2.29 bits per heavy atom. The molecule has 76 valence electrons. The van der Waals surface area contributed by atoms with Crippen LogP contribution < -0.4 is 5.73 Å². The quantitative estimate of drug-likeness (QED) is 0.321. The van der Waals surface area contributed by atoms with Gasteiger partial charge in [-0.05, 0) is 0 Å². The standard InChI is InChI=1S/C8H12N4OS/c1-13-4-5-14-8-6(7(9)10)11-2-3-12-8/h2-3H,4-5H2,1H3,(H3,9,10). The van der Waals surface area contributed by atoms with E-state index in [2.05, 4.69) is 9.97 Å². The number of amidine groups is 1. The van der Waals surface area contributed by atoms with Gasteiger partial charge in [-0.15, -0.1) is 11.8 Å². The average molecular weight is 212 g/mol. The molecule has 1 aromatic rings. The summed E-state index contributed by atoms with van der Waals surface area (Å²) in [6.45, 7) is 0.637. The van der Waals surface area contributed by atoms with Crippen molar-refractivity contribution in [1.82, 2.24) is 9.97 Å². The second-order valence-corrected chi connectivity index (χ2v) is 3.55. The zero-order valence-electron chi connectivity index (χ0n) is 7.86. The lowest BCUT2D eigenvalue weighted by molar-refractivity contribution is 0.218. The summed E-state index contributed by atoms with van der Waals surface area (Å²) >= 11 is 1.48. The minimum Gasteiger partial charge on any atom is -0.384 e. The van der Waals surface area contributed by atoms with Gasteiger partial charge in [0.2, 0.25) is 0 Å². The van der Waals surface area contributed by atoms with Gasteiger partial charge in [0.25, 0.3) is 0 Å². The van der Waals surface area contributed by atoms with Gasteiger partial charge < -0.3 is 10.5 Å². The molecule has 0 amide bonds. The van der Waals surface area contributed by atoms with Crippen LogP contribution in [-0.4, -0.2) is 35.3 Å². The topological polar surface area (TPSA) is 84.9 Å². The zero-order valence-corrected chi connectivity index (χ0v) is 8.67. The molecule has 0 unspecified atom stereocenters. The van der Waals surface area contributed by atoms with E-state index in [0.717, 1.165) is 5.75 Å². The van der Waals surface area contributed by atoms with Crippen LogP contribution in [0.3, 0.4) is 0 Å². The molecule has 0 aliphatic carbocycles. The lowest BCUT2D eigenvalue weighted by Crippen LogP contribution is -2.15. The summed E-state index contributed by atoms with van der Waals surface area (Å²) in [5, 5.41) is 7.97. The summed E-state index contributed by atoms with van der Waals surface area (Å²) in [5.41, 5.74) is 5.79. The number of aromatic nitrogens is 2. The first-order chi connectivity index (χ1) is 6.75. The average Bonchev–Trinajstić information content (AvgIpc) is 2.19. The molecule has 0 bridgehead atoms. The van der Waals surface area contributed by atoms with Crippen molar-refractivity contribution in [3.05, 3.63) is 18.1 Å². The number of hydrogen-bond donors (Lipinski definition) is 2. The van der Waals surface area contributed by atoms with Gasteiger partial charge in [0, 0.05) is 25.3 Å². The highest BCUT2D eigenvalue weighted by Gasteiger charge is 2.07. The van der Waals surface area contributed by atoms with Crippen LogP contribution in [0.25, 0.3) is 0 Å². The number of nitrogens with one attached hydrogen (secondary N) is 1. The number of rotatable bonds is 5. The predicted octanol–water partition coefficient (Wildman–Crippen LogP) is 0.499. The van der Waals surface area contributed by atoms with E-state index in [9.17, 15) is 0 Å². The Morgan fingerprint density at radius 3 is 2.93 bits per heavy atom. The number of thioether (sulfide) groups is 1. The van der Waals surface area contributed by atoms with E-state index in [1.54, 1.807) is 13.3 Å². The normalized spacial score (nSPS) is 10.1. The summed E-state index contributed by atoms with van der Waals surface area (Å²) < 4.78 is 4.91. The minimum absolute atomic E-state index is 0.0574. The third-order valence-corrected chi connectivity index (χ3v) is 2.39. The van der Waals surface area contributed by atoms with Gasteiger partial charge in [0.15, 0.2) is 0 Å². The van der Waals surface area contributed by atoms with E-state index in [1.165, 1.54) is 18.0 Å². The molecule has 0 aliphatic heterocycles. The van der Waals surface area contributed by atoms with E-state index in [0.29, 0.717) is 17.3 Å². The minimum atomic E-state index is -0.0574. The van der Waals surface area contributed by atoms with Crippen LogP contribution in [0.15, 0.2) is 17.4 Å². The van der Waals surface area contributed by atoms with E-state index in [-0.39, 0.29) is 5.84 Å². The Hall–Kier alpha value is -1.14. The molecule has 0 fully saturated rings. The third-order valence-electron chi connectivity index (χ3n) is 1.45. The molecule has 0 radical (unpaired) electrons. The molecular formula is C8H12N4OS. The van der Waals surface area contributed by atoms with Crippen LogP contribution in [-0.2, 0) is 4.74 Å². The Labute approximate surface area is 86.6 Å². The monoisotopic (exact) mass is 212 g/mol. The van der Waals surface area contributed by atoms with Gasteiger partial charge in [-0.3, -0.25) is 5.41 Å². The molecule has 0 aromatic carbocycles. The molecule has 6 heteroatoms. The molecule has 0 spiro atoms. The van der Waals surface area contributed by atoms with E-state index < -0.39 is 0 Å². The second-order valence-electron chi connectivity index (χ2n) is 2.47. The Morgan fingerprint density at radius 1 is 1.57 bits per heavy atom. The molecule has 1 aromatic heterocycles. The predicted molar refractivity (Wildman–Crippen MR) is 55.6 cm³/mol. The van der Waals surface area contributed by atoms with Crippen LogP contribution in [0.4, 0.5) is 0 Å². The smallest absolute Gasteiger partial charge is 0.144 e. The van der Waals surface area contributed by atoms with Crippen LogP contribution in [0.1, 0.15) is 5.69 Å². The van der Waals surface area contributed by atoms with Gasteiger partial charge >= 0.3 is 0 Å². The fraction of sp³-hybridized carbons (Fsp3) is 0.375. The number of ether oxygens (including phenoxy) is 1.